The van der Waals surface area contributed by atoms with Gasteiger partial charge in [-0.15, -0.1) is 11.8 Å². The molecule has 0 aromatic heterocycles. The minimum Gasteiger partial charge on any atom is -0.497 e. The third kappa shape index (κ3) is 4.70. The van der Waals surface area contributed by atoms with Crippen LogP contribution in [0, 0.1) is 0 Å². The molecular weight excluding hydrogens is 268 g/mol. The molecule has 0 aliphatic heterocycles. The first-order valence-electron chi connectivity index (χ1n) is 5.50. The number of carbonyl (C=O) groups excluding carboxylic acids is 1. The lowest BCUT2D eigenvalue weighted by Gasteiger charge is -2.14. The highest BCUT2D eigenvalue weighted by molar-refractivity contribution is 7.99. The minimum absolute atomic E-state index is 0.187. The van der Waals surface area contributed by atoms with Crippen LogP contribution in [0.1, 0.15) is 6.92 Å². The van der Waals surface area contributed by atoms with Gasteiger partial charge in [0.1, 0.15) is 11.8 Å². The van der Waals surface area contributed by atoms with Crippen LogP contribution in [0.2, 0.25) is 0 Å². The largest absolute Gasteiger partial charge is 0.497 e. The van der Waals surface area contributed by atoms with Gasteiger partial charge < -0.3 is 20.9 Å². The van der Waals surface area contributed by atoms with E-state index >= 15 is 0 Å². The molecule has 0 bridgehead atoms. The van der Waals surface area contributed by atoms with E-state index in [0.717, 1.165) is 4.90 Å². The fourth-order valence-corrected chi connectivity index (χ4v) is 2.37. The highest BCUT2D eigenvalue weighted by Gasteiger charge is 2.19. The number of amides is 1. The maximum Gasteiger partial charge on any atom is 0.327 e. The van der Waals surface area contributed by atoms with E-state index in [1.165, 1.54) is 25.8 Å². The zero-order valence-corrected chi connectivity index (χ0v) is 11.5. The molecule has 6 nitrogen and oxygen atoms in total. The van der Waals surface area contributed by atoms with Crippen molar-refractivity contribution in [2.45, 2.75) is 17.9 Å². The number of nitrogens with two attached hydrogens (primary N) is 1. The van der Waals surface area contributed by atoms with Gasteiger partial charge in [0.25, 0.3) is 0 Å². The van der Waals surface area contributed by atoms with Crippen molar-refractivity contribution in [3.8, 4) is 5.75 Å². The predicted molar refractivity (Wildman–Crippen MR) is 73.4 cm³/mol. The van der Waals surface area contributed by atoms with Gasteiger partial charge in [-0.2, -0.15) is 0 Å². The van der Waals surface area contributed by atoms with Gasteiger partial charge in [0.05, 0.1) is 7.11 Å². The molecule has 1 rings (SSSR count). The number of hydrogen-bond acceptors (Lipinski definition) is 5. The number of benzene rings is 1. The smallest absolute Gasteiger partial charge is 0.327 e. The average molecular weight is 284 g/mol. The minimum atomic E-state index is -1.08. The Morgan fingerprint density at radius 3 is 2.74 bits per heavy atom. The molecule has 1 aromatic rings. The van der Waals surface area contributed by atoms with Crippen molar-refractivity contribution in [2.24, 2.45) is 0 Å². The topological polar surface area (TPSA) is 102 Å². The van der Waals surface area contributed by atoms with Crippen LogP contribution in [0.3, 0.4) is 0 Å². The van der Waals surface area contributed by atoms with E-state index in [4.69, 9.17) is 15.6 Å². The molecule has 0 aliphatic carbocycles. The van der Waals surface area contributed by atoms with Crippen LogP contribution < -0.4 is 15.8 Å². The summed E-state index contributed by atoms with van der Waals surface area (Å²) < 4.78 is 5.07. The molecule has 7 heteroatoms. The summed E-state index contributed by atoms with van der Waals surface area (Å²) in [4.78, 5) is 22.6. The maximum atomic E-state index is 11.0. The molecule has 0 radical (unpaired) electrons. The van der Waals surface area contributed by atoms with Gasteiger partial charge in [0.2, 0.25) is 5.91 Å². The Bertz CT molecular complexity index is 479. The van der Waals surface area contributed by atoms with Crippen LogP contribution in [0.5, 0.6) is 5.75 Å². The number of rotatable bonds is 6. The van der Waals surface area contributed by atoms with E-state index in [1.54, 1.807) is 18.2 Å². The summed E-state index contributed by atoms with van der Waals surface area (Å²) in [5.41, 5.74) is 6.34. The van der Waals surface area contributed by atoms with Crippen molar-refractivity contribution in [3.63, 3.8) is 0 Å². The van der Waals surface area contributed by atoms with Crippen LogP contribution in [0.15, 0.2) is 23.1 Å². The SMILES string of the molecule is COc1ccc(N)c(SCC(NC(C)=O)C(=O)O)c1. The fraction of sp³-hybridized carbons (Fsp3) is 0.333. The van der Waals surface area contributed by atoms with Crippen LogP contribution in [0.4, 0.5) is 5.69 Å². The van der Waals surface area contributed by atoms with Crippen LogP contribution >= 0.6 is 11.8 Å². The zero-order chi connectivity index (χ0) is 14.4. The maximum absolute atomic E-state index is 11.0. The summed E-state index contributed by atoms with van der Waals surface area (Å²) in [5, 5.41) is 11.4. The number of thioether (sulfide) groups is 1. The summed E-state index contributed by atoms with van der Waals surface area (Å²) in [6, 6.07) is 4.19. The quantitative estimate of drug-likeness (QED) is 0.531. The third-order valence-corrected chi connectivity index (χ3v) is 3.47. The number of ether oxygens (including phenoxy) is 1. The average Bonchev–Trinajstić information content (AvgIpc) is 2.35. The van der Waals surface area contributed by atoms with Gasteiger partial charge in [-0.1, -0.05) is 0 Å². The van der Waals surface area contributed by atoms with Crippen molar-refractivity contribution in [3.05, 3.63) is 18.2 Å². The Labute approximate surface area is 115 Å². The second-order valence-electron chi connectivity index (χ2n) is 3.81. The number of carboxylic acid groups (broad SMARTS) is 1. The van der Waals surface area contributed by atoms with Crippen molar-refractivity contribution in [1.82, 2.24) is 5.32 Å². The first-order chi connectivity index (χ1) is 8.93. The molecule has 19 heavy (non-hydrogen) atoms. The van der Waals surface area contributed by atoms with Crippen LogP contribution in [0.25, 0.3) is 0 Å². The van der Waals surface area contributed by atoms with Crippen LogP contribution in [-0.2, 0) is 9.59 Å². The molecule has 1 aromatic carbocycles. The summed E-state index contributed by atoms with van der Waals surface area (Å²) in [6.07, 6.45) is 0. The lowest BCUT2D eigenvalue weighted by molar-refractivity contribution is -0.140. The van der Waals surface area contributed by atoms with Gasteiger partial charge >= 0.3 is 5.97 Å². The molecule has 1 amide bonds. The summed E-state index contributed by atoms with van der Waals surface area (Å²) in [5.74, 6) is -0.634. The Morgan fingerprint density at radius 1 is 1.53 bits per heavy atom. The first kappa shape index (κ1) is 15.2. The highest BCUT2D eigenvalue weighted by atomic mass is 32.2. The second-order valence-corrected chi connectivity index (χ2v) is 4.87. The number of carbonyl (C=O) groups is 2. The van der Waals surface area contributed by atoms with Crippen molar-refractivity contribution >= 4 is 29.3 Å². The van der Waals surface area contributed by atoms with Crippen LogP contribution in [-0.4, -0.2) is 35.9 Å². The number of aliphatic carboxylic acids is 1. The second kappa shape index (κ2) is 6.89. The van der Waals surface area contributed by atoms with Crippen molar-refractivity contribution in [2.75, 3.05) is 18.6 Å². The lowest BCUT2D eigenvalue weighted by Crippen LogP contribution is -2.41. The predicted octanol–water partition coefficient (Wildman–Crippen LogP) is 0.959. The van der Waals surface area contributed by atoms with E-state index in [0.29, 0.717) is 11.4 Å². The van der Waals surface area contributed by atoms with E-state index in [1.807, 2.05) is 0 Å². The Kier molecular flexibility index (Phi) is 5.50. The molecule has 0 saturated carbocycles. The Morgan fingerprint density at radius 2 is 2.21 bits per heavy atom. The lowest BCUT2D eigenvalue weighted by atomic mass is 10.3. The molecule has 0 fully saturated rings. The molecular formula is C12H16N2O4S. The van der Waals surface area contributed by atoms with Gasteiger partial charge in [-0.3, -0.25) is 4.79 Å². The monoisotopic (exact) mass is 284 g/mol. The molecule has 0 aliphatic rings. The molecule has 0 heterocycles. The number of methoxy groups -OCH3 is 1. The van der Waals surface area contributed by atoms with E-state index < -0.39 is 12.0 Å². The van der Waals surface area contributed by atoms with Crippen molar-refractivity contribution in [1.29, 1.82) is 0 Å². The molecule has 1 atom stereocenters. The Hall–Kier alpha value is -1.89. The molecule has 104 valence electrons. The third-order valence-electron chi connectivity index (χ3n) is 2.30. The van der Waals surface area contributed by atoms with Crippen molar-refractivity contribution < 1.29 is 19.4 Å². The number of nitrogen functional groups attached to an aromatic ring is 1. The molecule has 0 spiro atoms. The van der Waals surface area contributed by atoms with Gasteiger partial charge in [0, 0.05) is 23.3 Å². The normalized spacial score (nSPS) is 11.7. The number of anilines is 1. The van der Waals surface area contributed by atoms with Gasteiger partial charge in [-0.05, 0) is 18.2 Å². The number of nitrogens with one attached hydrogen (secondary N) is 1. The summed E-state index contributed by atoms with van der Waals surface area (Å²) in [6.45, 7) is 1.28. The van der Waals surface area contributed by atoms with Gasteiger partial charge in [-0.25, -0.2) is 4.79 Å². The molecule has 4 N–H and O–H groups in total. The number of carboxylic acids is 1. The number of hydrogen-bond donors (Lipinski definition) is 3. The van der Waals surface area contributed by atoms with E-state index in [-0.39, 0.29) is 11.7 Å². The standard InChI is InChI=1S/C12H16N2O4S/c1-7(15)14-10(12(16)17)6-19-11-5-8(18-2)3-4-9(11)13/h3-5,10H,6,13H2,1-2H3,(H,14,15)(H,16,17). The molecule has 0 saturated heterocycles. The van der Waals surface area contributed by atoms with E-state index in [9.17, 15) is 9.59 Å². The summed E-state index contributed by atoms with van der Waals surface area (Å²) in [7, 11) is 1.54. The zero-order valence-electron chi connectivity index (χ0n) is 10.7. The van der Waals surface area contributed by atoms with Gasteiger partial charge in [0.15, 0.2) is 0 Å². The molecule has 1 unspecified atom stereocenters. The Balaban J connectivity index is 2.73. The summed E-state index contributed by atoms with van der Waals surface area (Å²) >= 11 is 1.25. The highest BCUT2D eigenvalue weighted by Crippen LogP contribution is 2.29. The first-order valence-corrected chi connectivity index (χ1v) is 6.48. The van der Waals surface area contributed by atoms with E-state index in [2.05, 4.69) is 5.32 Å². The fourth-order valence-electron chi connectivity index (χ4n) is 1.36.